The van der Waals surface area contributed by atoms with Gasteiger partial charge >= 0.3 is 0 Å². The van der Waals surface area contributed by atoms with Crippen LogP contribution < -0.4 is 20.5 Å². The summed E-state index contributed by atoms with van der Waals surface area (Å²) in [4.78, 5) is 14.5. The molecule has 1 atom stereocenters. The molecule has 3 N–H and O–H groups in total. The molecule has 1 aromatic rings. The average Bonchev–Trinajstić information content (AvgIpc) is 2.61. The summed E-state index contributed by atoms with van der Waals surface area (Å²) in [5.41, 5.74) is 7.83. The third kappa shape index (κ3) is 5.76. The van der Waals surface area contributed by atoms with Gasteiger partial charge in [-0.05, 0) is 49.6 Å². The minimum Gasteiger partial charge on any atom is -0.493 e. The van der Waals surface area contributed by atoms with E-state index in [9.17, 15) is 4.79 Å². The van der Waals surface area contributed by atoms with E-state index in [4.69, 9.17) is 15.2 Å². The number of hydrogen-bond donors (Lipinski definition) is 2. The van der Waals surface area contributed by atoms with Crippen LogP contribution in [0, 0.1) is 12.8 Å². The zero-order valence-corrected chi connectivity index (χ0v) is 16.2. The largest absolute Gasteiger partial charge is 0.493 e. The van der Waals surface area contributed by atoms with Crippen LogP contribution in [0.15, 0.2) is 12.1 Å². The lowest BCUT2D eigenvalue weighted by atomic mass is 9.96. The van der Waals surface area contributed by atoms with E-state index in [1.54, 1.807) is 14.2 Å². The molecule has 1 aliphatic rings. The molecule has 0 bridgehead atoms. The van der Waals surface area contributed by atoms with Crippen LogP contribution in [0.25, 0.3) is 0 Å². The van der Waals surface area contributed by atoms with Crippen molar-refractivity contribution in [1.29, 1.82) is 0 Å². The molecule has 6 nitrogen and oxygen atoms in total. The third-order valence-corrected chi connectivity index (χ3v) is 4.56. The topological polar surface area (TPSA) is 76.8 Å². The highest BCUT2D eigenvalue weighted by Crippen LogP contribution is 2.31. The van der Waals surface area contributed by atoms with Gasteiger partial charge in [-0.2, -0.15) is 0 Å². The normalized spacial score (nSPS) is 17.5. The highest BCUT2D eigenvalue weighted by atomic mass is 35.5. The summed E-state index contributed by atoms with van der Waals surface area (Å²) in [7, 11) is 3.29. The zero-order valence-electron chi connectivity index (χ0n) is 15.3. The molecular formula is C18H30ClN3O3. The lowest BCUT2D eigenvalue weighted by molar-refractivity contribution is -0.126. The minimum atomic E-state index is 0. The molecule has 1 aliphatic heterocycles. The molecule has 1 amide bonds. The number of nitrogens with one attached hydrogen (secondary N) is 1. The lowest BCUT2D eigenvalue weighted by Gasteiger charge is -2.32. The average molecular weight is 372 g/mol. The first-order valence-corrected chi connectivity index (χ1v) is 8.50. The summed E-state index contributed by atoms with van der Waals surface area (Å²) in [6, 6.07) is 4.04. The molecule has 0 aromatic heterocycles. The second-order valence-corrected chi connectivity index (χ2v) is 6.29. The summed E-state index contributed by atoms with van der Waals surface area (Å²) in [5.74, 6) is 1.66. The van der Waals surface area contributed by atoms with Crippen molar-refractivity contribution < 1.29 is 14.3 Å². The summed E-state index contributed by atoms with van der Waals surface area (Å²) in [6.07, 6.45) is 1.98. The van der Waals surface area contributed by atoms with Gasteiger partial charge in [0.2, 0.25) is 5.91 Å². The van der Waals surface area contributed by atoms with Gasteiger partial charge in [0, 0.05) is 26.2 Å². The zero-order chi connectivity index (χ0) is 17.5. The van der Waals surface area contributed by atoms with Crippen LogP contribution in [0.5, 0.6) is 11.5 Å². The number of halogens is 1. The molecule has 2 rings (SSSR count). The van der Waals surface area contributed by atoms with Crippen molar-refractivity contribution in [3.05, 3.63) is 23.3 Å². The Balaban J connectivity index is 0.00000312. The standard InChI is InChI=1S/C18H29N3O3.ClH/c1-13-9-16(23-2)17(24-3)10-15(13)12-21-8-4-5-14(11-21)18(22)20-7-6-19;/h9-10,14H,4-8,11-12,19H2,1-3H3,(H,20,22);1H. The van der Waals surface area contributed by atoms with Gasteiger partial charge in [0.25, 0.3) is 0 Å². The number of aryl methyl sites for hydroxylation is 1. The Morgan fingerprint density at radius 1 is 1.32 bits per heavy atom. The summed E-state index contributed by atoms with van der Waals surface area (Å²) >= 11 is 0. The van der Waals surface area contributed by atoms with E-state index < -0.39 is 0 Å². The van der Waals surface area contributed by atoms with Crippen molar-refractivity contribution in [2.75, 3.05) is 40.4 Å². The summed E-state index contributed by atoms with van der Waals surface area (Å²) in [5, 5.41) is 2.90. The molecular weight excluding hydrogens is 342 g/mol. The van der Waals surface area contributed by atoms with Crippen LogP contribution in [0.1, 0.15) is 24.0 Å². The SMILES string of the molecule is COc1cc(C)c(CN2CCCC(C(=O)NCCN)C2)cc1OC.Cl. The van der Waals surface area contributed by atoms with Gasteiger partial charge in [-0.15, -0.1) is 12.4 Å². The van der Waals surface area contributed by atoms with Crippen LogP contribution in [0.2, 0.25) is 0 Å². The van der Waals surface area contributed by atoms with Crippen LogP contribution >= 0.6 is 12.4 Å². The number of rotatable bonds is 7. The Hall–Kier alpha value is -1.50. The van der Waals surface area contributed by atoms with E-state index in [1.165, 1.54) is 11.1 Å². The predicted molar refractivity (Wildman–Crippen MR) is 102 cm³/mol. The Kier molecular flexibility index (Phi) is 9.03. The molecule has 1 unspecified atom stereocenters. The van der Waals surface area contributed by atoms with Crippen molar-refractivity contribution in [3.8, 4) is 11.5 Å². The number of carbonyl (C=O) groups is 1. The second kappa shape index (κ2) is 10.5. The summed E-state index contributed by atoms with van der Waals surface area (Å²) in [6.45, 7) is 5.70. The van der Waals surface area contributed by atoms with Crippen LogP contribution in [0.4, 0.5) is 0 Å². The monoisotopic (exact) mass is 371 g/mol. The van der Waals surface area contributed by atoms with E-state index >= 15 is 0 Å². The lowest BCUT2D eigenvalue weighted by Crippen LogP contribution is -2.43. The second-order valence-electron chi connectivity index (χ2n) is 6.29. The fourth-order valence-electron chi connectivity index (χ4n) is 3.19. The molecule has 0 radical (unpaired) electrons. The third-order valence-electron chi connectivity index (χ3n) is 4.56. The van der Waals surface area contributed by atoms with Gasteiger partial charge in [0.15, 0.2) is 11.5 Å². The predicted octanol–water partition coefficient (Wildman–Crippen LogP) is 1.72. The number of amides is 1. The molecule has 25 heavy (non-hydrogen) atoms. The molecule has 1 fully saturated rings. The molecule has 7 heteroatoms. The molecule has 1 aromatic carbocycles. The number of benzene rings is 1. The maximum Gasteiger partial charge on any atom is 0.224 e. The van der Waals surface area contributed by atoms with Crippen molar-refractivity contribution in [2.45, 2.75) is 26.3 Å². The van der Waals surface area contributed by atoms with Gasteiger partial charge < -0.3 is 20.5 Å². The molecule has 0 spiro atoms. The van der Waals surface area contributed by atoms with Gasteiger partial charge in [-0.3, -0.25) is 9.69 Å². The van der Waals surface area contributed by atoms with Gasteiger partial charge in [0.05, 0.1) is 20.1 Å². The van der Waals surface area contributed by atoms with Gasteiger partial charge in [0.1, 0.15) is 0 Å². The molecule has 1 saturated heterocycles. The number of carbonyl (C=O) groups excluding carboxylic acids is 1. The van der Waals surface area contributed by atoms with Crippen LogP contribution in [-0.4, -0.2) is 51.2 Å². The van der Waals surface area contributed by atoms with Crippen LogP contribution in [0.3, 0.4) is 0 Å². The van der Waals surface area contributed by atoms with E-state index in [0.717, 1.165) is 44.0 Å². The molecule has 142 valence electrons. The fourth-order valence-corrected chi connectivity index (χ4v) is 3.19. The smallest absolute Gasteiger partial charge is 0.224 e. The van der Waals surface area contributed by atoms with Crippen molar-refractivity contribution >= 4 is 18.3 Å². The highest BCUT2D eigenvalue weighted by Gasteiger charge is 2.26. The Bertz CT molecular complexity index is 569. The number of piperidine rings is 1. The number of nitrogens with two attached hydrogens (primary N) is 1. The Morgan fingerprint density at radius 3 is 2.64 bits per heavy atom. The first-order chi connectivity index (χ1) is 11.6. The molecule has 1 heterocycles. The van der Waals surface area contributed by atoms with Gasteiger partial charge in [-0.1, -0.05) is 0 Å². The fraction of sp³-hybridized carbons (Fsp3) is 0.611. The maximum absolute atomic E-state index is 12.2. The number of ether oxygens (including phenoxy) is 2. The van der Waals surface area contributed by atoms with Crippen molar-refractivity contribution in [3.63, 3.8) is 0 Å². The van der Waals surface area contributed by atoms with E-state index in [-0.39, 0.29) is 24.2 Å². The number of methoxy groups -OCH3 is 2. The van der Waals surface area contributed by atoms with E-state index in [1.807, 2.05) is 12.1 Å². The maximum atomic E-state index is 12.2. The molecule has 0 saturated carbocycles. The molecule has 0 aliphatic carbocycles. The Labute approximate surface area is 156 Å². The van der Waals surface area contributed by atoms with E-state index in [0.29, 0.717) is 13.1 Å². The van der Waals surface area contributed by atoms with Gasteiger partial charge in [-0.25, -0.2) is 0 Å². The van der Waals surface area contributed by atoms with Crippen molar-refractivity contribution in [1.82, 2.24) is 10.2 Å². The summed E-state index contributed by atoms with van der Waals surface area (Å²) < 4.78 is 10.8. The highest BCUT2D eigenvalue weighted by molar-refractivity contribution is 5.85. The number of hydrogen-bond acceptors (Lipinski definition) is 5. The first kappa shape index (κ1) is 21.5. The van der Waals surface area contributed by atoms with Crippen LogP contribution in [-0.2, 0) is 11.3 Å². The van der Waals surface area contributed by atoms with E-state index in [2.05, 4.69) is 17.1 Å². The minimum absolute atomic E-state index is 0. The first-order valence-electron chi connectivity index (χ1n) is 8.50. The quantitative estimate of drug-likeness (QED) is 0.763. The number of nitrogens with zero attached hydrogens (tertiary/aromatic N) is 1. The Morgan fingerprint density at radius 2 is 2.00 bits per heavy atom. The van der Waals surface area contributed by atoms with Crippen molar-refractivity contribution in [2.24, 2.45) is 11.7 Å². The number of likely N-dealkylation sites (tertiary alicyclic amines) is 1.